The fraction of sp³-hybridized carbons (Fsp3) is 1.00. The lowest BCUT2D eigenvalue weighted by Gasteiger charge is -2.34. The van der Waals surface area contributed by atoms with E-state index in [1.807, 2.05) is 0 Å². The minimum absolute atomic E-state index is 0.00523. The standard InChI is InChI=1S/C16H26O2S3/c17-21(18,13-5-1-11(2-6-13)15-9-19-15)14-7-3-12(4-8-14)16-10-20-16/h11-16H,1-10H2. The van der Waals surface area contributed by atoms with E-state index in [0.29, 0.717) is 0 Å². The quantitative estimate of drug-likeness (QED) is 0.726. The van der Waals surface area contributed by atoms with Crippen molar-refractivity contribution in [2.24, 2.45) is 11.8 Å². The summed E-state index contributed by atoms with van der Waals surface area (Å²) in [7, 11) is -2.86. The smallest absolute Gasteiger partial charge is 0.156 e. The van der Waals surface area contributed by atoms with E-state index in [1.165, 1.54) is 11.5 Å². The molecule has 0 spiro atoms. The van der Waals surface area contributed by atoms with Gasteiger partial charge in [-0.05, 0) is 63.2 Å². The highest BCUT2D eigenvalue weighted by molar-refractivity contribution is 8.07. The Morgan fingerprint density at radius 2 is 0.952 bits per heavy atom. The molecule has 2 saturated heterocycles. The fourth-order valence-electron chi connectivity index (χ4n) is 4.51. The van der Waals surface area contributed by atoms with E-state index in [0.717, 1.165) is 73.7 Å². The fourth-order valence-corrected chi connectivity index (χ4v) is 8.76. The molecule has 4 fully saturated rings. The molecule has 2 heterocycles. The van der Waals surface area contributed by atoms with E-state index in [1.54, 1.807) is 0 Å². The van der Waals surface area contributed by atoms with Crippen LogP contribution in [0.4, 0.5) is 0 Å². The molecule has 2 aliphatic heterocycles. The highest BCUT2D eigenvalue weighted by Crippen LogP contribution is 2.47. The second kappa shape index (κ2) is 5.94. The summed E-state index contributed by atoms with van der Waals surface area (Å²) in [6.45, 7) is 0. The van der Waals surface area contributed by atoms with Crippen molar-refractivity contribution >= 4 is 33.4 Å². The van der Waals surface area contributed by atoms with E-state index in [9.17, 15) is 8.42 Å². The summed E-state index contributed by atoms with van der Waals surface area (Å²) >= 11 is 4.14. The second-order valence-corrected chi connectivity index (χ2v) is 12.5. The van der Waals surface area contributed by atoms with Crippen LogP contribution < -0.4 is 0 Å². The van der Waals surface area contributed by atoms with Crippen LogP contribution in [0.5, 0.6) is 0 Å². The average molecular weight is 347 g/mol. The van der Waals surface area contributed by atoms with Crippen LogP contribution >= 0.6 is 23.5 Å². The van der Waals surface area contributed by atoms with Crippen LogP contribution in [0.2, 0.25) is 0 Å². The zero-order valence-corrected chi connectivity index (χ0v) is 15.0. The van der Waals surface area contributed by atoms with Gasteiger partial charge in [-0.1, -0.05) is 0 Å². The van der Waals surface area contributed by atoms with Gasteiger partial charge in [-0.15, -0.1) is 0 Å². The molecule has 0 bridgehead atoms. The van der Waals surface area contributed by atoms with Gasteiger partial charge in [0.2, 0.25) is 0 Å². The first-order chi connectivity index (χ1) is 10.1. The van der Waals surface area contributed by atoms with Crippen molar-refractivity contribution in [1.82, 2.24) is 0 Å². The number of thioether (sulfide) groups is 2. The van der Waals surface area contributed by atoms with Gasteiger partial charge < -0.3 is 0 Å². The Hall–Kier alpha value is 0.650. The van der Waals surface area contributed by atoms with Gasteiger partial charge in [0.05, 0.1) is 10.5 Å². The molecule has 0 aromatic rings. The summed E-state index contributed by atoms with van der Waals surface area (Å²) < 4.78 is 25.8. The predicted octanol–water partition coefficient (Wildman–Crippen LogP) is 3.75. The summed E-state index contributed by atoms with van der Waals surface area (Å²) in [5.41, 5.74) is 0. The van der Waals surface area contributed by atoms with Crippen LogP contribution in [-0.4, -0.2) is 40.9 Å². The topological polar surface area (TPSA) is 34.1 Å². The molecule has 0 N–H and O–H groups in total. The summed E-state index contributed by atoms with van der Waals surface area (Å²) in [4.78, 5) is 0. The normalized spacial score (nSPS) is 47.0. The van der Waals surface area contributed by atoms with Gasteiger partial charge >= 0.3 is 0 Å². The van der Waals surface area contributed by atoms with Crippen LogP contribution in [0.15, 0.2) is 0 Å². The number of rotatable bonds is 4. The molecule has 2 aliphatic carbocycles. The Morgan fingerprint density at radius 1 is 0.619 bits per heavy atom. The van der Waals surface area contributed by atoms with Crippen molar-refractivity contribution in [1.29, 1.82) is 0 Å². The molecule has 0 aromatic carbocycles. The predicted molar refractivity (Wildman–Crippen MR) is 92.9 cm³/mol. The van der Waals surface area contributed by atoms with E-state index >= 15 is 0 Å². The Labute approximate surface area is 137 Å². The Morgan fingerprint density at radius 3 is 1.24 bits per heavy atom. The van der Waals surface area contributed by atoms with Crippen molar-refractivity contribution in [2.75, 3.05) is 11.5 Å². The molecule has 2 nitrogen and oxygen atoms in total. The Bertz CT molecular complexity index is 428. The van der Waals surface area contributed by atoms with E-state index in [2.05, 4.69) is 23.5 Å². The van der Waals surface area contributed by atoms with Gasteiger partial charge in [0.15, 0.2) is 9.84 Å². The lowest BCUT2D eigenvalue weighted by atomic mass is 9.87. The molecule has 4 rings (SSSR count). The van der Waals surface area contributed by atoms with Gasteiger partial charge in [-0.2, -0.15) is 23.5 Å². The van der Waals surface area contributed by atoms with Gasteiger partial charge in [-0.25, -0.2) is 8.42 Å². The summed E-state index contributed by atoms with van der Waals surface area (Å²) in [5.74, 6) is 4.30. The third-order valence-electron chi connectivity index (χ3n) is 6.14. The van der Waals surface area contributed by atoms with E-state index in [-0.39, 0.29) is 10.5 Å². The summed E-state index contributed by atoms with van der Waals surface area (Å²) in [5, 5.41) is 1.74. The molecule has 4 aliphatic rings. The molecule has 120 valence electrons. The summed E-state index contributed by atoms with van der Waals surface area (Å²) in [6, 6.07) is 0. The monoisotopic (exact) mass is 346 g/mol. The van der Waals surface area contributed by atoms with Gasteiger partial charge in [0.25, 0.3) is 0 Å². The molecule has 0 radical (unpaired) electrons. The first-order valence-corrected chi connectivity index (χ1v) is 12.3. The average Bonchev–Trinajstić information content (AvgIpc) is 3.41. The Kier molecular flexibility index (Phi) is 4.29. The lowest BCUT2D eigenvalue weighted by molar-refractivity contribution is 0.347. The molecule has 0 amide bonds. The van der Waals surface area contributed by atoms with Crippen molar-refractivity contribution in [3.05, 3.63) is 0 Å². The third kappa shape index (κ3) is 3.30. The van der Waals surface area contributed by atoms with Crippen molar-refractivity contribution in [3.63, 3.8) is 0 Å². The lowest BCUT2D eigenvalue weighted by Crippen LogP contribution is -2.38. The molecule has 5 heteroatoms. The largest absolute Gasteiger partial charge is 0.228 e. The zero-order valence-electron chi connectivity index (χ0n) is 12.6. The second-order valence-electron chi connectivity index (χ2n) is 7.41. The molecular formula is C16H26O2S3. The van der Waals surface area contributed by atoms with Crippen molar-refractivity contribution in [2.45, 2.75) is 72.4 Å². The van der Waals surface area contributed by atoms with Gasteiger partial charge in [0, 0.05) is 22.0 Å². The van der Waals surface area contributed by atoms with Gasteiger partial charge in [0.1, 0.15) is 0 Å². The molecular weight excluding hydrogens is 320 g/mol. The molecule has 2 atom stereocenters. The third-order valence-corrected chi connectivity index (χ3v) is 11.1. The Balaban J connectivity index is 1.33. The molecule has 2 unspecified atom stereocenters. The minimum Gasteiger partial charge on any atom is -0.228 e. The van der Waals surface area contributed by atoms with Gasteiger partial charge in [-0.3, -0.25) is 0 Å². The maximum atomic E-state index is 12.9. The van der Waals surface area contributed by atoms with Crippen molar-refractivity contribution < 1.29 is 8.42 Å². The van der Waals surface area contributed by atoms with Crippen LogP contribution in [0.3, 0.4) is 0 Å². The van der Waals surface area contributed by atoms with E-state index in [4.69, 9.17) is 0 Å². The minimum atomic E-state index is -2.86. The SMILES string of the molecule is O=S(=O)(C1CCC(C2CS2)CC1)C1CCC(C2CS2)CC1. The first kappa shape index (κ1) is 15.2. The van der Waals surface area contributed by atoms with Crippen LogP contribution in [-0.2, 0) is 9.84 Å². The molecule has 0 aromatic heterocycles. The molecule has 2 saturated carbocycles. The zero-order chi connectivity index (χ0) is 14.4. The maximum Gasteiger partial charge on any atom is 0.156 e. The highest BCUT2D eigenvalue weighted by atomic mass is 32.2. The van der Waals surface area contributed by atoms with Crippen molar-refractivity contribution in [3.8, 4) is 0 Å². The summed E-state index contributed by atoms with van der Waals surface area (Å²) in [6.07, 6.45) is 8.44. The number of sulfone groups is 1. The van der Waals surface area contributed by atoms with Crippen LogP contribution in [0.25, 0.3) is 0 Å². The van der Waals surface area contributed by atoms with Crippen LogP contribution in [0.1, 0.15) is 51.4 Å². The molecule has 21 heavy (non-hydrogen) atoms. The van der Waals surface area contributed by atoms with E-state index < -0.39 is 9.84 Å². The number of hydrogen-bond donors (Lipinski definition) is 0. The van der Waals surface area contributed by atoms with Crippen LogP contribution in [0, 0.1) is 11.8 Å². The first-order valence-electron chi connectivity index (χ1n) is 8.60. The maximum absolute atomic E-state index is 12.9. The number of hydrogen-bond acceptors (Lipinski definition) is 4. The highest BCUT2D eigenvalue weighted by Gasteiger charge is 2.43.